The Morgan fingerprint density at radius 2 is 1.86 bits per heavy atom. The molecule has 0 aliphatic heterocycles. The molecule has 0 radical (unpaired) electrons. The molecule has 0 bridgehead atoms. The van der Waals surface area contributed by atoms with Gasteiger partial charge in [-0.25, -0.2) is 0 Å². The van der Waals surface area contributed by atoms with E-state index >= 15 is 0 Å². The lowest BCUT2D eigenvalue weighted by Gasteiger charge is -2.11. The third-order valence-corrected chi connectivity index (χ3v) is 3.58. The van der Waals surface area contributed by atoms with Gasteiger partial charge in [0.15, 0.2) is 0 Å². The highest BCUT2D eigenvalue weighted by atomic mass is 32.2. The zero-order chi connectivity index (χ0) is 15.1. The van der Waals surface area contributed by atoms with E-state index in [1.165, 1.54) is 5.56 Å². The van der Waals surface area contributed by atoms with Crippen LogP contribution in [0.15, 0.2) is 48.5 Å². The number of benzene rings is 2. The fourth-order valence-electron chi connectivity index (χ4n) is 1.96. The lowest BCUT2D eigenvalue weighted by molar-refractivity contribution is 0.102. The van der Waals surface area contributed by atoms with Crippen LogP contribution in [0.2, 0.25) is 0 Å². The van der Waals surface area contributed by atoms with Gasteiger partial charge in [-0.3, -0.25) is 4.79 Å². The molecular weight excluding hydrogens is 282 g/mol. The third kappa shape index (κ3) is 4.26. The number of amides is 1. The van der Waals surface area contributed by atoms with Crippen LogP contribution in [-0.4, -0.2) is 18.8 Å². The topological polar surface area (TPSA) is 38.3 Å². The summed E-state index contributed by atoms with van der Waals surface area (Å²) in [4.78, 5) is 12.3. The van der Waals surface area contributed by atoms with Gasteiger partial charge in [-0.2, -0.15) is 11.8 Å². The number of hydrogen-bond acceptors (Lipinski definition) is 3. The highest BCUT2D eigenvalue weighted by molar-refractivity contribution is 7.97. The number of carbonyl (C=O) groups is 1. The highest BCUT2D eigenvalue weighted by Gasteiger charge is 2.09. The first-order valence-corrected chi connectivity index (χ1v) is 8.25. The molecule has 4 heteroatoms. The number of thioether (sulfide) groups is 1. The van der Waals surface area contributed by atoms with Crippen molar-refractivity contribution in [3.63, 3.8) is 0 Å². The Bertz CT molecular complexity index is 596. The summed E-state index contributed by atoms with van der Waals surface area (Å²) in [6, 6.07) is 15.1. The number of hydrogen-bond donors (Lipinski definition) is 1. The van der Waals surface area contributed by atoms with Gasteiger partial charge in [0.05, 0.1) is 12.3 Å². The molecule has 3 nitrogen and oxygen atoms in total. The molecule has 0 unspecified atom stereocenters. The minimum Gasteiger partial charge on any atom is -0.492 e. The second-order valence-electron chi connectivity index (χ2n) is 4.51. The molecule has 1 amide bonds. The van der Waals surface area contributed by atoms with Crippen molar-refractivity contribution in [2.24, 2.45) is 0 Å². The zero-order valence-corrected chi connectivity index (χ0v) is 13.1. The molecule has 0 spiro atoms. The van der Waals surface area contributed by atoms with Crippen LogP contribution in [0.5, 0.6) is 5.75 Å². The number of para-hydroxylation sites is 2. The number of nitrogens with one attached hydrogen (secondary N) is 1. The first-order valence-electron chi connectivity index (χ1n) is 6.85. The molecule has 0 aliphatic rings. The Morgan fingerprint density at radius 3 is 2.52 bits per heavy atom. The molecule has 1 N–H and O–H groups in total. The molecule has 0 saturated carbocycles. The number of carbonyl (C=O) groups excluding carboxylic acids is 1. The molecule has 0 saturated heterocycles. The minimum absolute atomic E-state index is 0.127. The van der Waals surface area contributed by atoms with Crippen LogP contribution in [-0.2, 0) is 5.75 Å². The van der Waals surface area contributed by atoms with E-state index in [4.69, 9.17) is 4.74 Å². The molecule has 0 atom stereocenters. The van der Waals surface area contributed by atoms with Crippen LogP contribution in [0.25, 0.3) is 0 Å². The first-order chi connectivity index (χ1) is 10.2. The van der Waals surface area contributed by atoms with Crippen molar-refractivity contribution < 1.29 is 9.53 Å². The quantitative estimate of drug-likeness (QED) is 0.869. The maximum Gasteiger partial charge on any atom is 0.255 e. The fraction of sp³-hybridized carbons (Fsp3) is 0.235. The summed E-state index contributed by atoms with van der Waals surface area (Å²) < 4.78 is 5.51. The molecule has 0 aliphatic carbocycles. The Kier molecular flexibility index (Phi) is 5.69. The number of ether oxygens (including phenoxy) is 1. The molecule has 0 aromatic heterocycles. The summed E-state index contributed by atoms with van der Waals surface area (Å²) in [6.45, 7) is 2.49. The maximum absolute atomic E-state index is 12.3. The van der Waals surface area contributed by atoms with E-state index in [2.05, 4.69) is 11.6 Å². The van der Waals surface area contributed by atoms with Gasteiger partial charge in [0, 0.05) is 11.3 Å². The van der Waals surface area contributed by atoms with Crippen molar-refractivity contribution in [3.05, 3.63) is 59.7 Å². The van der Waals surface area contributed by atoms with Crippen LogP contribution in [0, 0.1) is 0 Å². The summed E-state index contributed by atoms with van der Waals surface area (Å²) in [5.41, 5.74) is 2.55. The highest BCUT2D eigenvalue weighted by Crippen LogP contribution is 2.24. The van der Waals surface area contributed by atoms with Gasteiger partial charge in [-0.1, -0.05) is 24.3 Å². The van der Waals surface area contributed by atoms with Crippen LogP contribution in [0.1, 0.15) is 22.8 Å². The van der Waals surface area contributed by atoms with Crippen molar-refractivity contribution in [1.82, 2.24) is 0 Å². The van der Waals surface area contributed by atoms with Crippen LogP contribution >= 0.6 is 11.8 Å². The predicted molar refractivity (Wildman–Crippen MR) is 89.2 cm³/mol. The molecule has 2 aromatic carbocycles. The molecule has 2 rings (SSSR count). The van der Waals surface area contributed by atoms with Gasteiger partial charge >= 0.3 is 0 Å². The molecular formula is C17H19NO2S. The number of anilines is 1. The van der Waals surface area contributed by atoms with Gasteiger partial charge in [-0.05, 0) is 43.0 Å². The summed E-state index contributed by atoms with van der Waals surface area (Å²) in [5, 5.41) is 2.89. The minimum atomic E-state index is -0.127. The average Bonchev–Trinajstić information content (AvgIpc) is 2.50. The SMILES string of the molecule is CCOc1ccccc1NC(=O)c1ccc(CSC)cc1. The second-order valence-corrected chi connectivity index (χ2v) is 5.38. The van der Waals surface area contributed by atoms with Crippen LogP contribution < -0.4 is 10.1 Å². The Hall–Kier alpha value is -1.94. The smallest absolute Gasteiger partial charge is 0.255 e. The standard InChI is InChI=1S/C17H19NO2S/c1-3-20-16-7-5-4-6-15(16)18-17(19)14-10-8-13(9-11-14)12-21-2/h4-11H,3,12H2,1-2H3,(H,18,19). The van der Waals surface area contributed by atoms with E-state index in [0.717, 1.165) is 5.75 Å². The van der Waals surface area contributed by atoms with Crippen molar-refractivity contribution in [2.45, 2.75) is 12.7 Å². The van der Waals surface area contributed by atoms with Gasteiger partial charge in [0.1, 0.15) is 5.75 Å². The van der Waals surface area contributed by atoms with Gasteiger partial charge in [-0.15, -0.1) is 0 Å². The lowest BCUT2D eigenvalue weighted by Crippen LogP contribution is -2.12. The molecule has 21 heavy (non-hydrogen) atoms. The van der Waals surface area contributed by atoms with Crippen LogP contribution in [0.3, 0.4) is 0 Å². The summed E-state index contributed by atoms with van der Waals surface area (Å²) in [6.07, 6.45) is 2.06. The van der Waals surface area contributed by atoms with E-state index in [0.29, 0.717) is 23.6 Å². The predicted octanol–water partition coefficient (Wildman–Crippen LogP) is 4.20. The third-order valence-electron chi connectivity index (χ3n) is 2.96. The average molecular weight is 301 g/mol. The first kappa shape index (κ1) is 15.4. The van der Waals surface area contributed by atoms with Crippen molar-refractivity contribution in [2.75, 3.05) is 18.2 Å². The molecule has 0 fully saturated rings. The van der Waals surface area contributed by atoms with Crippen LogP contribution in [0.4, 0.5) is 5.69 Å². The van der Waals surface area contributed by atoms with Gasteiger partial charge in [0.25, 0.3) is 5.91 Å². The fourth-order valence-corrected chi connectivity index (χ4v) is 2.49. The molecule has 0 heterocycles. The maximum atomic E-state index is 12.3. The molecule has 2 aromatic rings. The van der Waals surface area contributed by atoms with Crippen molar-refractivity contribution in [1.29, 1.82) is 0 Å². The Labute approximate surface area is 129 Å². The van der Waals surface area contributed by atoms with E-state index in [1.807, 2.05) is 55.5 Å². The number of rotatable bonds is 6. The van der Waals surface area contributed by atoms with E-state index < -0.39 is 0 Å². The van der Waals surface area contributed by atoms with E-state index in [9.17, 15) is 4.79 Å². The molecule has 110 valence electrons. The Balaban J connectivity index is 2.10. The largest absolute Gasteiger partial charge is 0.492 e. The summed E-state index contributed by atoms with van der Waals surface area (Å²) >= 11 is 1.76. The van der Waals surface area contributed by atoms with Gasteiger partial charge < -0.3 is 10.1 Å². The normalized spacial score (nSPS) is 10.2. The summed E-state index contributed by atoms with van der Waals surface area (Å²) in [7, 11) is 0. The summed E-state index contributed by atoms with van der Waals surface area (Å²) in [5.74, 6) is 1.51. The Morgan fingerprint density at radius 1 is 1.14 bits per heavy atom. The second kappa shape index (κ2) is 7.74. The van der Waals surface area contributed by atoms with Crippen molar-refractivity contribution in [3.8, 4) is 5.75 Å². The van der Waals surface area contributed by atoms with Gasteiger partial charge in [0.2, 0.25) is 0 Å². The lowest BCUT2D eigenvalue weighted by atomic mass is 10.1. The zero-order valence-electron chi connectivity index (χ0n) is 12.3. The van der Waals surface area contributed by atoms with E-state index in [-0.39, 0.29) is 5.91 Å². The van der Waals surface area contributed by atoms with Crippen molar-refractivity contribution >= 4 is 23.4 Å². The monoisotopic (exact) mass is 301 g/mol. The van der Waals surface area contributed by atoms with E-state index in [1.54, 1.807) is 11.8 Å².